The highest BCUT2D eigenvalue weighted by atomic mass is 32.1. The first-order valence-electron chi connectivity index (χ1n) is 8.62. The van der Waals surface area contributed by atoms with Crippen LogP contribution >= 0.6 is 11.3 Å². The van der Waals surface area contributed by atoms with Gasteiger partial charge in [-0.1, -0.05) is 26.7 Å². The van der Waals surface area contributed by atoms with Gasteiger partial charge < -0.3 is 10.1 Å². The van der Waals surface area contributed by atoms with Crippen molar-refractivity contribution in [3.05, 3.63) is 21.4 Å². The van der Waals surface area contributed by atoms with Gasteiger partial charge in [0.15, 0.2) is 6.61 Å². The van der Waals surface area contributed by atoms with E-state index in [2.05, 4.69) is 19.2 Å². The standard InChI is InChI=1S/C18H25NO3S/c1-11-5-3-7-14(12(11)2)19-17(20)10-22-18(21)16-9-13-6-4-8-15(13)23-16/h9,11-12,14H,3-8,10H2,1-2H3,(H,19,20)/t11-,12+,14-/m0/s1. The normalized spacial score (nSPS) is 26.6. The second-order valence-corrected chi connectivity index (χ2v) is 8.07. The van der Waals surface area contributed by atoms with Gasteiger partial charge in [0.2, 0.25) is 0 Å². The number of esters is 1. The molecule has 1 fully saturated rings. The lowest BCUT2D eigenvalue weighted by Gasteiger charge is -2.34. The molecule has 126 valence electrons. The molecule has 1 N–H and O–H groups in total. The summed E-state index contributed by atoms with van der Waals surface area (Å²) in [5, 5.41) is 3.03. The molecule has 1 aromatic rings. The molecule has 0 saturated heterocycles. The molecular weight excluding hydrogens is 310 g/mol. The van der Waals surface area contributed by atoms with Crippen molar-refractivity contribution in [2.45, 2.75) is 58.4 Å². The molecule has 1 heterocycles. The highest BCUT2D eigenvalue weighted by Crippen LogP contribution is 2.31. The second kappa shape index (κ2) is 7.04. The summed E-state index contributed by atoms with van der Waals surface area (Å²) in [6.07, 6.45) is 6.69. The van der Waals surface area contributed by atoms with Crippen LogP contribution in [0.1, 0.15) is 59.6 Å². The van der Waals surface area contributed by atoms with E-state index in [9.17, 15) is 9.59 Å². The molecule has 2 aliphatic rings. The summed E-state index contributed by atoms with van der Waals surface area (Å²) in [6, 6.07) is 2.13. The van der Waals surface area contributed by atoms with Crippen molar-refractivity contribution in [1.29, 1.82) is 0 Å². The molecule has 23 heavy (non-hydrogen) atoms. The predicted molar refractivity (Wildman–Crippen MR) is 90.7 cm³/mol. The van der Waals surface area contributed by atoms with Crippen LogP contribution in [0.5, 0.6) is 0 Å². The van der Waals surface area contributed by atoms with Crippen molar-refractivity contribution >= 4 is 23.2 Å². The fraction of sp³-hybridized carbons (Fsp3) is 0.667. The van der Waals surface area contributed by atoms with Crippen LogP contribution in [0, 0.1) is 11.8 Å². The number of hydrogen-bond donors (Lipinski definition) is 1. The molecule has 0 spiro atoms. The zero-order chi connectivity index (χ0) is 16.4. The van der Waals surface area contributed by atoms with E-state index in [0.29, 0.717) is 16.7 Å². The zero-order valence-electron chi connectivity index (χ0n) is 13.9. The van der Waals surface area contributed by atoms with Gasteiger partial charge >= 0.3 is 5.97 Å². The lowest BCUT2D eigenvalue weighted by Crippen LogP contribution is -2.45. The van der Waals surface area contributed by atoms with Crippen LogP contribution in [0.4, 0.5) is 0 Å². The van der Waals surface area contributed by atoms with E-state index in [1.54, 1.807) is 0 Å². The Morgan fingerprint density at radius 1 is 1.26 bits per heavy atom. The molecule has 1 aromatic heterocycles. The fourth-order valence-electron chi connectivity index (χ4n) is 3.67. The maximum absolute atomic E-state index is 12.1. The first kappa shape index (κ1) is 16.5. The molecule has 0 aromatic carbocycles. The van der Waals surface area contributed by atoms with E-state index in [1.165, 1.54) is 34.6 Å². The highest BCUT2D eigenvalue weighted by molar-refractivity contribution is 7.14. The number of nitrogens with one attached hydrogen (secondary N) is 1. The average molecular weight is 335 g/mol. The summed E-state index contributed by atoms with van der Waals surface area (Å²) in [5.41, 5.74) is 1.27. The van der Waals surface area contributed by atoms with E-state index < -0.39 is 0 Å². The van der Waals surface area contributed by atoms with Crippen molar-refractivity contribution in [1.82, 2.24) is 5.32 Å². The van der Waals surface area contributed by atoms with Crippen LogP contribution < -0.4 is 5.32 Å². The number of carbonyl (C=O) groups is 2. The summed E-state index contributed by atoms with van der Waals surface area (Å²) in [6.45, 7) is 4.24. The molecule has 4 nitrogen and oxygen atoms in total. The van der Waals surface area contributed by atoms with Crippen molar-refractivity contribution in [2.75, 3.05) is 6.61 Å². The summed E-state index contributed by atoms with van der Waals surface area (Å²) in [5.74, 6) is 0.548. The van der Waals surface area contributed by atoms with Crippen molar-refractivity contribution in [3.8, 4) is 0 Å². The minimum atomic E-state index is -0.371. The van der Waals surface area contributed by atoms with Gasteiger partial charge in [0.25, 0.3) is 5.91 Å². The minimum absolute atomic E-state index is 0.182. The van der Waals surface area contributed by atoms with Gasteiger partial charge in [-0.25, -0.2) is 4.79 Å². The molecule has 0 radical (unpaired) electrons. The summed E-state index contributed by atoms with van der Waals surface area (Å²) in [4.78, 5) is 26.0. The lowest BCUT2D eigenvalue weighted by atomic mass is 9.78. The lowest BCUT2D eigenvalue weighted by molar-refractivity contribution is -0.125. The smallest absolute Gasteiger partial charge is 0.348 e. The predicted octanol–water partition coefficient (Wildman–Crippen LogP) is 3.33. The van der Waals surface area contributed by atoms with E-state index >= 15 is 0 Å². The maximum atomic E-state index is 12.1. The Morgan fingerprint density at radius 3 is 2.87 bits per heavy atom. The quantitative estimate of drug-likeness (QED) is 0.859. The van der Waals surface area contributed by atoms with Gasteiger partial charge in [0.05, 0.1) is 0 Å². The summed E-state index contributed by atoms with van der Waals surface area (Å²) in [7, 11) is 0. The fourth-order valence-corrected chi connectivity index (χ4v) is 4.81. The Morgan fingerprint density at radius 2 is 2.09 bits per heavy atom. The number of rotatable bonds is 4. The number of ether oxygens (including phenoxy) is 1. The van der Waals surface area contributed by atoms with E-state index in [-0.39, 0.29) is 24.5 Å². The summed E-state index contributed by atoms with van der Waals surface area (Å²) >= 11 is 1.51. The van der Waals surface area contributed by atoms with E-state index in [4.69, 9.17) is 4.74 Å². The molecule has 3 atom stereocenters. The Hall–Kier alpha value is -1.36. The molecular formula is C18H25NO3S. The SMILES string of the molecule is C[C@H]1[C@@H](NC(=O)COC(=O)c2cc3c(s2)CCC3)CCC[C@@H]1C. The van der Waals surface area contributed by atoms with Crippen molar-refractivity contribution in [2.24, 2.45) is 11.8 Å². The molecule has 3 rings (SSSR count). The third kappa shape index (κ3) is 3.77. The van der Waals surface area contributed by atoms with Crippen LogP contribution in [0.15, 0.2) is 6.07 Å². The number of aryl methyl sites for hydroxylation is 2. The molecule has 1 amide bonds. The van der Waals surface area contributed by atoms with E-state index in [1.807, 2.05) is 6.07 Å². The minimum Gasteiger partial charge on any atom is -0.451 e. The Balaban J connectivity index is 1.47. The molecule has 5 heteroatoms. The van der Waals surface area contributed by atoms with Gasteiger partial charge in [-0.2, -0.15) is 0 Å². The first-order chi connectivity index (χ1) is 11.0. The third-order valence-corrected chi connectivity index (χ3v) is 6.55. The second-order valence-electron chi connectivity index (χ2n) is 6.93. The zero-order valence-corrected chi connectivity index (χ0v) is 14.7. The Kier molecular flexibility index (Phi) is 5.05. The number of fused-ring (bicyclic) bond motifs is 1. The van der Waals surface area contributed by atoms with Crippen LogP contribution in [-0.4, -0.2) is 24.5 Å². The van der Waals surface area contributed by atoms with Gasteiger partial charge in [-0.05, 0) is 49.1 Å². The largest absolute Gasteiger partial charge is 0.451 e. The average Bonchev–Trinajstić information content (AvgIpc) is 3.11. The Bertz CT molecular complexity index is 574. The topological polar surface area (TPSA) is 55.4 Å². The first-order valence-corrected chi connectivity index (χ1v) is 9.44. The molecule has 0 unspecified atom stereocenters. The number of hydrogen-bond acceptors (Lipinski definition) is 4. The van der Waals surface area contributed by atoms with Crippen LogP contribution in [0.2, 0.25) is 0 Å². The molecule has 0 aliphatic heterocycles. The van der Waals surface area contributed by atoms with Gasteiger partial charge in [-0.15, -0.1) is 11.3 Å². The highest BCUT2D eigenvalue weighted by Gasteiger charge is 2.28. The number of thiophene rings is 1. The summed E-state index contributed by atoms with van der Waals surface area (Å²) < 4.78 is 5.19. The molecule has 1 saturated carbocycles. The van der Waals surface area contributed by atoms with Gasteiger partial charge in [-0.3, -0.25) is 4.79 Å². The van der Waals surface area contributed by atoms with Crippen LogP contribution in [0.3, 0.4) is 0 Å². The van der Waals surface area contributed by atoms with Crippen LogP contribution in [-0.2, 0) is 22.4 Å². The maximum Gasteiger partial charge on any atom is 0.348 e. The Labute approximate surface area is 141 Å². The molecule has 0 bridgehead atoms. The monoisotopic (exact) mass is 335 g/mol. The van der Waals surface area contributed by atoms with Crippen molar-refractivity contribution in [3.63, 3.8) is 0 Å². The third-order valence-electron chi connectivity index (χ3n) is 5.34. The number of carbonyl (C=O) groups excluding carboxylic acids is 2. The van der Waals surface area contributed by atoms with E-state index in [0.717, 1.165) is 25.7 Å². The number of amides is 1. The molecule has 2 aliphatic carbocycles. The van der Waals surface area contributed by atoms with Crippen LogP contribution in [0.25, 0.3) is 0 Å². The van der Waals surface area contributed by atoms with Crippen molar-refractivity contribution < 1.29 is 14.3 Å². The van der Waals surface area contributed by atoms with Gasteiger partial charge in [0, 0.05) is 10.9 Å². The van der Waals surface area contributed by atoms with Gasteiger partial charge in [0.1, 0.15) is 4.88 Å².